The van der Waals surface area contributed by atoms with Crippen LogP contribution >= 0.6 is 0 Å². The van der Waals surface area contributed by atoms with Gasteiger partial charge in [0.1, 0.15) is 0 Å². The first kappa shape index (κ1) is 17.1. The van der Waals surface area contributed by atoms with Gasteiger partial charge < -0.3 is 26.4 Å². The van der Waals surface area contributed by atoms with E-state index in [0.29, 0.717) is 41.7 Å². The first-order valence-corrected chi connectivity index (χ1v) is 8.65. The molecule has 0 saturated heterocycles. The molecule has 5 N–H and O–H groups in total. The highest BCUT2D eigenvalue weighted by atomic mass is 16.5. The van der Waals surface area contributed by atoms with Crippen molar-refractivity contribution in [3.8, 4) is 0 Å². The Hall–Kier alpha value is -3.33. The predicted octanol–water partition coefficient (Wildman–Crippen LogP) is 1.75. The van der Waals surface area contributed by atoms with E-state index in [4.69, 9.17) is 10.5 Å². The second-order valence-electron chi connectivity index (χ2n) is 6.50. The van der Waals surface area contributed by atoms with Crippen molar-refractivity contribution in [2.45, 2.75) is 19.6 Å². The number of nitrogens with two attached hydrogens (primary N) is 1. The smallest absolute Gasteiger partial charge is 0.271 e. The van der Waals surface area contributed by atoms with Crippen LogP contribution in [0.25, 0.3) is 5.65 Å². The van der Waals surface area contributed by atoms with Crippen LogP contribution in [-0.2, 0) is 11.3 Å². The molecule has 0 spiro atoms. The molecule has 3 aromatic rings. The van der Waals surface area contributed by atoms with Crippen LogP contribution in [-0.4, -0.2) is 40.2 Å². The number of nitrogens with one attached hydrogen (secondary N) is 3. The van der Waals surface area contributed by atoms with Gasteiger partial charge >= 0.3 is 0 Å². The summed E-state index contributed by atoms with van der Waals surface area (Å²) in [6.45, 7) is 2.66. The topological polar surface area (TPSA) is 119 Å². The van der Waals surface area contributed by atoms with Crippen LogP contribution in [0, 0.1) is 0 Å². The van der Waals surface area contributed by atoms with Crippen LogP contribution in [0.1, 0.15) is 23.0 Å². The molecule has 1 atom stereocenters. The Labute approximate surface area is 155 Å². The number of hydrogen-bond donors (Lipinski definition) is 4. The van der Waals surface area contributed by atoms with E-state index >= 15 is 0 Å². The second kappa shape index (κ2) is 6.76. The van der Waals surface area contributed by atoms with Gasteiger partial charge in [0.05, 0.1) is 36.5 Å². The average Bonchev–Trinajstić information content (AvgIpc) is 3.06. The Kier molecular flexibility index (Phi) is 4.28. The molecule has 0 fully saturated rings. The van der Waals surface area contributed by atoms with E-state index < -0.39 is 0 Å². The number of ether oxygens (including phenoxy) is 1. The molecule has 4 rings (SSSR count). The molecule has 1 aliphatic rings. The minimum Gasteiger partial charge on any atom is -0.395 e. The second-order valence-corrected chi connectivity index (χ2v) is 6.50. The Morgan fingerprint density at radius 1 is 1.37 bits per heavy atom. The van der Waals surface area contributed by atoms with Gasteiger partial charge in [0, 0.05) is 13.1 Å². The van der Waals surface area contributed by atoms with E-state index in [0.717, 1.165) is 11.3 Å². The summed E-state index contributed by atoms with van der Waals surface area (Å²) in [6.07, 6.45) is 1.51. The SMILES string of the molecule is CNc1cc2cc(c1N)Nc1ccc3ncc(n3n1)C(=O)NC(C)COC2. The first-order valence-electron chi connectivity index (χ1n) is 8.65. The third-order valence-electron chi connectivity index (χ3n) is 4.38. The first-order chi connectivity index (χ1) is 13.0. The third kappa shape index (κ3) is 3.24. The molecule has 1 aliphatic heterocycles. The molecule has 9 heteroatoms. The fourth-order valence-corrected chi connectivity index (χ4v) is 3.03. The lowest BCUT2D eigenvalue weighted by atomic mass is 10.1. The molecular weight excluding hydrogens is 346 g/mol. The Morgan fingerprint density at radius 2 is 2.22 bits per heavy atom. The van der Waals surface area contributed by atoms with Gasteiger partial charge in [-0.05, 0) is 36.8 Å². The quantitative estimate of drug-likeness (QED) is 0.484. The maximum atomic E-state index is 12.6. The number of nitrogen functional groups attached to an aromatic ring is 1. The summed E-state index contributed by atoms with van der Waals surface area (Å²) in [4.78, 5) is 16.8. The standard InChI is InChI=1S/C18H21N7O2/c1-10-8-27-9-11-5-12(20-2)17(19)13(6-11)23-15-3-4-16-21-7-14(18(26)22-10)25(16)24-15/h3-7,10,20H,8-9,19H2,1-2H3,(H,22,26)(H,23,24). The van der Waals surface area contributed by atoms with Crippen molar-refractivity contribution in [2.24, 2.45) is 0 Å². The molecular formula is C18H21N7O2. The van der Waals surface area contributed by atoms with Crippen molar-refractivity contribution in [1.82, 2.24) is 19.9 Å². The van der Waals surface area contributed by atoms with Gasteiger partial charge in [-0.2, -0.15) is 0 Å². The number of amides is 1. The molecule has 27 heavy (non-hydrogen) atoms. The summed E-state index contributed by atoms with van der Waals surface area (Å²) in [5.41, 5.74) is 10.3. The number of anilines is 4. The Bertz CT molecular complexity index is 1010. The minimum atomic E-state index is -0.254. The number of imidazole rings is 1. The molecule has 1 unspecified atom stereocenters. The molecule has 4 bridgehead atoms. The van der Waals surface area contributed by atoms with E-state index in [1.54, 1.807) is 12.1 Å². The molecule has 1 amide bonds. The Morgan fingerprint density at radius 3 is 3.04 bits per heavy atom. The van der Waals surface area contributed by atoms with E-state index in [9.17, 15) is 4.79 Å². The number of benzene rings is 1. The third-order valence-corrected chi connectivity index (χ3v) is 4.38. The average molecular weight is 367 g/mol. The predicted molar refractivity (Wildman–Crippen MR) is 103 cm³/mol. The minimum absolute atomic E-state index is 0.163. The summed E-state index contributed by atoms with van der Waals surface area (Å²) >= 11 is 0. The van der Waals surface area contributed by atoms with Crippen molar-refractivity contribution in [3.63, 3.8) is 0 Å². The van der Waals surface area contributed by atoms with E-state index in [1.165, 1.54) is 10.7 Å². The number of carbonyl (C=O) groups is 1. The molecule has 1 aromatic carbocycles. The summed E-state index contributed by atoms with van der Waals surface area (Å²) in [7, 11) is 1.82. The van der Waals surface area contributed by atoms with E-state index in [2.05, 4.69) is 26.0 Å². The van der Waals surface area contributed by atoms with Crippen LogP contribution in [0.2, 0.25) is 0 Å². The van der Waals surface area contributed by atoms with Gasteiger partial charge in [-0.1, -0.05) is 0 Å². The van der Waals surface area contributed by atoms with Gasteiger partial charge in [0.2, 0.25) is 0 Å². The summed E-state index contributed by atoms with van der Waals surface area (Å²) in [6, 6.07) is 7.31. The summed E-state index contributed by atoms with van der Waals surface area (Å²) in [5, 5.41) is 13.7. The van der Waals surface area contributed by atoms with E-state index in [1.807, 2.05) is 26.1 Å². The van der Waals surface area contributed by atoms with Crippen LogP contribution in [0.3, 0.4) is 0 Å². The van der Waals surface area contributed by atoms with Crippen molar-refractivity contribution >= 4 is 34.4 Å². The molecule has 140 valence electrons. The monoisotopic (exact) mass is 367 g/mol. The lowest BCUT2D eigenvalue weighted by Gasteiger charge is -2.18. The van der Waals surface area contributed by atoms with Crippen molar-refractivity contribution in [2.75, 3.05) is 30.0 Å². The van der Waals surface area contributed by atoms with Crippen LogP contribution < -0.4 is 21.7 Å². The van der Waals surface area contributed by atoms with Gasteiger partial charge in [0.25, 0.3) is 5.91 Å². The summed E-state index contributed by atoms with van der Waals surface area (Å²) in [5.74, 6) is 0.294. The lowest BCUT2D eigenvalue weighted by molar-refractivity contribution is 0.0815. The zero-order chi connectivity index (χ0) is 19.0. The van der Waals surface area contributed by atoms with Crippen molar-refractivity contribution in [3.05, 3.63) is 41.7 Å². The van der Waals surface area contributed by atoms with E-state index in [-0.39, 0.29) is 11.9 Å². The zero-order valence-electron chi connectivity index (χ0n) is 15.1. The van der Waals surface area contributed by atoms with Gasteiger partial charge in [-0.15, -0.1) is 5.10 Å². The number of nitrogens with zero attached hydrogens (tertiary/aromatic N) is 3. The normalized spacial score (nSPS) is 17.3. The van der Waals surface area contributed by atoms with Crippen LogP contribution in [0.5, 0.6) is 0 Å². The van der Waals surface area contributed by atoms with Gasteiger partial charge in [-0.25, -0.2) is 9.50 Å². The highest BCUT2D eigenvalue weighted by molar-refractivity contribution is 5.93. The lowest BCUT2D eigenvalue weighted by Crippen LogP contribution is -2.36. The molecule has 0 radical (unpaired) electrons. The highest BCUT2D eigenvalue weighted by Crippen LogP contribution is 2.31. The van der Waals surface area contributed by atoms with Crippen LogP contribution in [0.15, 0.2) is 30.5 Å². The number of fused-ring (bicyclic) bond motifs is 3. The molecule has 0 aliphatic carbocycles. The Balaban J connectivity index is 1.84. The largest absolute Gasteiger partial charge is 0.395 e. The van der Waals surface area contributed by atoms with Gasteiger partial charge in [-0.3, -0.25) is 4.79 Å². The fourth-order valence-electron chi connectivity index (χ4n) is 3.03. The fraction of sp³-hybridized carbons (Fsp3) is 0.278. The van der Waals surface area contributed by atoms with Crippen LogP contribution in [0.4, 0.5) is 22.9 Å². The van der Waals surface area contributed by atoms with Crippen molar-refractivity contribution < 1.29 is 9.53 Å². The number of rotatable bonds is 1. The summed E-state index contributed by atoms with van der Waals surface area (Å²) < 4.78 is 7.28. The molecule has 3 heterocycles. The van der Waals surface area contributed by atoms with Gasteiger partial charge in [0.15, 0.2) is 17.2 Å². The molecule has 2 aromatic heterocycles. The zero-order valence-corrected chi connectivity index (χ0v) is 15.1. The maximum Gasteiger partial charge on any atom is 0.271 e. The van der Waals surface area contributed by atoms with Crippen molar-refractivity contribution in [1.29, 1.82) is 0 Å². The number of hydrogen-bond acceptors (Lipinski definition) is 7. The number of carbonyl (C=O) groups excluding carboxylic acids is 1. The molecule has 0 saturated carbocycles. The maximum absolute atomic E-state index is 12.6. The highest BCUT2D eigenvalue weighted by Gasteiger charge is 2.17. The number of aromatic nitrogens is 3. The molecule has 9 nitrogen and oxygen atoms in total.